The highest BCUT2D eigenvalue weighted by Gasteiger charge is 2.32. The molecule has 0 fully saturated rings. The zero-order chi connectivity index (χ0) is 15.2. The van der Waals surface area contributed by atoms with Crippen molar-refractivity contribution in [1.82, 2.24) is 0 Å². The SMILES string of the molecule is CCOP(=O)(OCC)[C@H](O)/C=C(\Cl)c1ccc(Br)cc1. The van der Waals surface area contributed by atoms with Crippen LogP contribution in [0.4, 0.5) is 0 Å². The Bertz CT molecular complexity index is 494. The molecule has 1 rings (SSSR count). The molecule has 112 valence electrons. The highest BCUT2D eigenvalue weighted by atomic mass is 79.9. The van der Waals surface area contributed by atoms with E-state index in [1.165, 1.54) is 6.08 Å². The van der Waals surface area contributed by atoms with Crippen molar-refractivity contribution in [2.75, 3.05) is 13.2 Å². The van der Waals surface area contributed by atoms with Crippen LogP contribution in [0.1, 0.15) is 19.4 Å². The Hall–Kier alpha value is -0.160. The van der Waals surface area contributed by atoms with Crippen molar-refractivity contribution >= 4 is 40.2 Å². The van der Waals surface area contributed by atoms with Gasteiger partial charge in [-0.3, -0.25) is 4.57 Å². The molecule has 0 saturated heterocycles. The van der Waals surface area contributed by atoms with E-state index in [-0.39, 0.29) is 18.2 Å². The van der Waals surface area contributed by atoms with Gasteiger partial charge in [0.25, 0.3) is 0 Å². The van der Waals surface area contributed by atoms with E-state index in [9.17, 15) is 9.67 Å². The van der Waals surface area contributed by atoms with Gasteiger partial charge < -0.3 is 14.2 Å². The lowest BCUT2D eigenvalue weighted by molar-refractivity contribution is 0.169. The Morgan fingerprint density at radius 2 is 1.85 bits per heavy atom. The predicted molar refractivity (Wildman–Crippen MR) is 84.8 cm³/mol. The predicted octanol–water partition coefficient (Wildman–Crippen LogP) is 4.61. The maximum atomic E-state index is 12.3. The van der Waals surface area contributed by atoms with Crippen molar-refractivity contribution in [2.24, 2.45) is 0 Å². The van der Waals surface area contributed by atoms with Gasteiger partial charge in [-0.25, -0.2) is 0 Å². The molecular weight excluding hydrogens is 366 g/mol. The summed E-state index contributed by atoms with van der Waals surface area (Å²) in [4.78, 5) is 0. The number of halogens is 2. The van der Waals surface area contributed by atoms with Crippen LogP contribution in [0.2, 0.25) is 0 Å². The van der Waals surface area contributed by atoms with Crippen molar-refractivity contribution in [3.05, 3.63) is 40.4 Å². The summed E-state index contributed by atoms with van der Waals surface area (Å²) in [6.45, 7) is 3.72. The van der Waals surface area contributed by atoms with Crippen LogP contribution < -0.4 is 0 Å². The highest BCUT2D eigenvalue weighted by Crippen LogP contribution is 2.53. The lowest BCUT2D eigenvalue weighted by Gasteiger charge is -2.20. The third-order valence-electron chi connectivity index (χ3n) is 2.36. The maximum Gasteiger partial charge on any atom is 0.362 e. The van der Waals surface area contributed by atoms with Crippen molar-refractivity contribution in [3.63, 3.8) is 0 Å². The number of aliphatic hydroxyl groups excluding tert-OH is 1. The summed E-state index contributed by atoms with van der Waals surface area (Å²) < 4.78 is 23.4. The Kier molecular flexibility index (Phi) is 7.45. The summed E-state index contributed by atoms with van der Waals surface area (Å²) in [6, 6.07) is 7.20. The maximum absolute atomic E-state index is 12.3. The fourth-order valence-corrected chi connectivity index (χ4v) is 3.51. The van der Waals surface area contributed by atoms with Gasteiger partial charge in [0.2, 0.25) is 0 Å². The molecular formula is C13H17BrClO4P. The van der Waals surface area contributed by atoms with Crippen molar-refractivity contribution in [2.45, 2.75) is 19.7 Å². The van der Waals surface area contributed by atoms with Gasteiger partial charge in [0.1, 0.15) is 0 Å². The molecule has 0 heterocycles. The third kappa shape index (κ3) is 4.99. The van der Waals surface area contributed by atoms with Crippen molar-refractivity contribution in [1.29, 1.82) is 0 Å². The molecule has 0 amide bonds. The molecule has 0 unspecified atom stereocenters. The van der Waals surface area contributed by atoms with Crippen LogP contribution >= 0.6 is 35.1 Å². The van der Waals surface area contributed by atoms with Gasteiger partial charge in [-0.2, -0.15) is 0 Å². The third-order valence-corrected chi connectivity index (χ3v) is 5.26. The molecule has 1 atom stereocenters. The molecule has 0 aliphatic rings. The second-order valence-corrected chi connectivity index (χ2v) is 7.26. The second kappa shape index (κ2) is 8.32. The first-order valence-corrected chi connectivity index (χ1v) is 8.91. The zero-order valence-corrected chi connectivity index (χ0v) is 14.5. The number of benzene rings is 1. The van der Waals surface area contributed by atoms with Crippen molar-refractivity contribution in [3.8, 4) is 0 Å². The normalized spacial score (nSPS) is 14.3. The number of rotatable bonds is 7. The standard InChI is InChI=1S/C13H17BrClO4P/c1-3-18-20(17,19-4-2)13(16)9-12(15)10-5-7-11(14)8-6-10/h5-9,13,16H,3-4H2,1-2H3/b12-9-/t13-/m0/s1. The average Bonchev–Trinajstić information content (AvgIpc) is 2.39. The minimum absolute atomic E-state index is 0.179. The van der Waals surface area contributed by atoms with E-state index in [0.717, 1.165) is 4.47 Å². The fraction of sp³-hybridized carbons (Fsp3) is 0.385. The molecule has 7 heteroatoms. The van der Waals surface area contributed by atoms with E-state index >= 15 is 0 Å². The van der Waals surface area contributed by atoms with Crippen LogP contribution in [0.25, 0.3) is 5.03 Å². The second-order valence-electron chi connectivity index (χ2n) is 3.81. The van der Waals surface area contributed by atoms with E-state index in [4.69, 9.17) is 20.6 Å². The summed E-state index contributed by atoms with van der Waals surface area (Å²) in [5, 5.41) is 10.3. The Balaban J connectivity index is 2.95. The number of hydrogen-bond donors (Lipinski definition) is 1. The first kappa shape index (κ1) is 17.9. The molecule has 0 spiro atoms. The van der Waals surface area contributed by atoms with Gasteiger partial charge in [0.05, 0.1) is 13.2 Å². The van der Waals surface area contributed by atoms with Crippen molar-refractivity contribution < 1.29 is 18.7 Å². The topological polar surface area (TPSA) is 55.8 Å². The average molecular weight is 384 g/mol. The van der Waals surface area contributed by atoms with Crippen LogP contribution in [0, 0.1) is 0 Å². The lowest BCUT2D eigenvalue weighted by atomic mass is 10.2. The molecule has 1 N–H and O–H groups in total. The van der Waals surface area contributed by atoms with E-state index in [2.05, 4.69) is 15.9 Å². The van der Waals surface area contributed by atoms with Gasteiger partial charge in [-0.1, -0.05) is 39.7 Å². The van der Waals surface area contributed by atoms with Crippen LogP contribution in [0.3, 0.4) is 0 Å². The molecule has 0 aliphatic carbocycles. The molecule has 1 aromatic rings. The largest absolute Gasteiger partial charge is 0.377 e. The van der Waals surface area contributed by atoms with Gasteiger partial charge in [0, 0.05) is 9.51 Å². The van der Waals surface area contributed by atoms with Crippen LogP contribution in [-0.4, -0.2) is 24.2 Å². The molecule has 0 bridgehead atoms. The smallest absolute Gasteiger partial charge is 0.362 e. The van der Waals surface area contributed by atoms with Gasteiger partial charge in [0.15, 0.2) is 5.85 Å². The summed E-state index contributed by atoms with van der Waals surface area (Å²) >= 11 is 9.44. The van der Waals surface area contributed by atoms with Gasteiger partial charge in [-0.05, 0) is 37.6 Å². The Labute approximate surface area is 132 Å². The van der Waals surface area contributed by atoms with Gasteiger partial charge >= 0.3 is 7.60 Å². The minimum Gasteiger partial charge on any atom is -0.377 e. The monoisotopic (exact) mass is 382 g/mol. The Morgan fingerprint density at radius 3 is 2.30 bits per heavy atom. The highest BCUT2D eigenvalue weighted by molar-refractivity contribution is 9.10. The molecule has 4 nitrogen and oxygen atoms in total. The summed E-state index contributed by atoms with van der Waals surface area (Å²) in [5.41, 5.74) is 0.702. The molecule has 1 aromatic carbocycles. The van der Waals surface area contributed by atoms with Crippen LogP contribution in [0.15, 0.2) is 34.8 Å². The quantitative estimate of drug-likeness (QED) is 0.698. The summed E-state index contributed by atoms with van der Waals surface area (Å²) in [5.74, 6) is -1.40. The summed E-state index contributed by atoms with van der Waals surface area (Å²) in [7, 11) is -3.61. The Morgan fingerprint density at radius 1 is 1.35 bits per heavy atom. The fourth-order valence-electron chi connectivity index (χ4n) is 1.48. The first-order valence-electron chi connectivity index (χ1n) is 6.13. The zero-order valence-electron chi connectivity index (χ0n) is 11.3. The lowest BCUT2D eigenvalue weighted by Crippen LogP contribution is -2.10. The molecule has 0 radical (unpaired) electrons. The number of aliphatic hydroxyl groups is 1. The molecule has 20 heavy (non-hydrogen) atoms. The van der Waals surface area contributed by atoms with Crippen LogP contribution in [-0.2, 0) is 13.6 Å². The van der Waals surface area contributed by atoms with Crippen LogP contribution in [0.5, 0.6) is 0 Å². The summed E-state index contributed by atoms with van der Waals surface area (Å²) in [6.07, 6.45) is 1.27. The minimum atomic E-state index is -3.61. The van der Waals surface area contributed by atoms with E-state index < -0.39 is 13.4 Å². The van der Waals surface area contributed by atoms with E-state index in [1.807, 2.05) is 12.1 Å². The van der Waals surface area contributed by atoms with Gasteiger partial charge in [-0.15, -0.1) is 0 Å². The number of hydrogen-bond acceptors (Lipinski definition) is 4. The van der Waals surface area contributed by atoms with E-state index in [1.54, 1.807) is 26.0 Å². The molecule has 0 aromatic heterocycles. The molecule has 0 saturated carbocycles. The first-order chi connectivity index (χ1) is 9.42. The molecule has 0 aliphatic heterocycles. The van der Waals surface area contributed by atoms with E-state index in [0.29, 0.717) is 5.56 Å².